The monoisotopic (exact) mass is 331 g/mol. The maximum absolute atomic E-state index is 11.7. The van der Waals surface area contributed by atoms with Crippen LogP contribution in [0.5, 0.6) is 0 Å². The van der Waals surface area contributed by atoms with Crippen molar-refractivity contribution in [2.75, 3.05) is 19.0 Å². The number of hydrogen-bond donors (Lipinski definition) is 0. The summed E-state index contributed by atoms with van der Waals surface area (Å²) in [5.41, 5.74) is 4.40. The van der Waals surface area contributed by atoms with Crippen LogP contribution in [0.4, 0.5) is 5.69 Å². The number of para-hydroxylation sites is 1. The molecule has 0 aliphatic heterocycles. The van der Waals surface area contributed by atoms with E-state index in [4.69, 9.17) is 0 Å². The van der Waals surface area contributed by atoms with Crippen molar-refractivity contribution >= 4 is 34.5 Å². The van der Waals surface area contributed by atoms with Gasteiger partial charge in [-0.05, 0) is 35.9 Å². The van der Waals surface area contributed by atoms with Gasteiger partial charge in [0, 0.05) is 50.3 Å². The fraction of sp³-hybridized carbons (Fsp3) is 0.182. The lowest BCUT2D eigenvalue weighted by atomic mass is 10.1. The zero-order chi connectivity index (χ0) is 17.8. The van der Waals surface area contributed by atoms with E-state index in [9.17, 15) is 4.79 Å². The highest BCUT2D eigenvalue weighted by Crippen LogP contribution is 2.15. The van der Waals surface area contributed by atoms with E-state index in [2.05, 4.69) is 70.1 Å². The van der Waals surface area contributed by atoms with Gasteiger partial charge in [0.1, 0.15) is 0 Å². The smallest absolute Gasteiger partial charge is 0.213 e. The lowest BCUT2D eigenvalue weighted by molar-refractivity contribution is -0.659. The van der Waals surface area contributed by atoms with Crippen molar-refractivity contribution in [2.45, 2.75) is 13.5 Å². The molecule has 1 aromatic heterocycles. The molecule has 1 heterocycles. The number of nitrogens with zero attached hydrogens (tertiary/aromatic N) is 2. The SMILES string of the molecule is CC(=O)C[n+]1c(/C=C/c2ccc(N(C)C)cc2)ccc2ccccc21. The summed E-state index contributed by atoms with van der Waals surface area (Å²) in [5, 5.41) is 1.14. The number of carbonyl (C=O) groups is 1. The van der Waals surface area contributed by atoms with E-state index in [-0.39, 0.29) is 5.78 Å². The number of benzene rings is 2. The number of carbonyl (C=O) groups excluding carboxylic acids is 1. The standard InChI is InChI=1S/C22H23N2O/c1-17(25)16-24-21(15-11-19-6-4-5-7-22(19)24)14-10-18-8-12-20(13-9-18)23(2)3/h4-15H,16H2,1-3H3/q+1. The Balaban J connectivity index is 1.98. The van der Waals surface area contributed by atoms with Gasteiger partial charge in [-0.1, -0.05) is 24.3 Å². The maximum Gasteiger partial charge on any atom is 0.213 e. The quantitative estimate of drug-likeness (QED) is 0.661. The first kappa shape index (κ1) is 16.9. The van der Waals surface area contributed by atoms with Crippen LogP contribution in [0.3, 0.4) is 0 Å². The molecule has 0 aliphatic rings. The van der Waals surface area contributed by atoms with E-state index < -0.39 is 0 Å². The summed E-state index contributed by atoms with van der Waals surface area (Å²) in [6, 6.07) is 20.7. The van der Waals surface area contributed by atoms with Gasteiger partial charge in [0.2, 0.25) is 17.8 Å². The molecule has 0 amide bonds. The third kappa shape index (κ3) is 3.94. The van der Waals surface area contributed by atoms with Crippen LogP contribution in [-0.4, -0.2) is 19.9 Å². The molecule has 126 valence electrons. The molecule has 0 atom stereocenters. The molecule has 0 fully saturated rings. The van der Waals surface area contributed by atoms with Crippen LogP contribution >= 0.6 is 0 Å². The van der Waals surface area contributed by atoms with Gasteiger partial charge in [-0.25, -0.2) is 0 Å². The Bertz CT molecular complexity index is 924. The van der Waals surface area contributed by atoms with Gasteiger partial charge in [0.25, 0.3) is 0 Å². The summed E-state index contributed by atoms with van der Waals surface area (Å²) >= 11 is 0. The number of pyridine rings is 1. The lowest BCUT2D eigenvalue weighted by Gasteiger charge is -2.11. The molecule has 0 saturated heterocycles. The van der Waals surface area contributed by atoms with Crippen LogP contribution < -0.4 is 9.47 Å². The van der Waals surface area contributed by atoms with Gasteiger partial charge in [-0.2, -0.15) is 4.57 Å². The van der Waals surface area contributed by atoms with Crippen LogP contribution in [0.25, 0.3) is 23.1 Å². The second-order valence-electron chi connectivity index (χ2n) is 6.42. The van der Waals surface area contributed by atoms with Crippen molar-refractivity contribution in [3.63, 3.8) is 0 Å². The Morgan fingerprint density at radius 2 is 1.68 bits per heavy atom. The molecule has 3 aromatic rings. The molecule has 2 aromatic carbocycles. The van der Waals surface area contributed by atoms with Gasteiger partial charge in [-0.3, -0.25) is 4.79 Å². The first-order chi connectivity index (χ1) is 12.0. The highest BCUT2D eigenvalue weighted by molar-refractivity contribution is 5.79. The summed E-state index contributed by atoms with van der Waals surface area (Å²) in [7, 11) is 4.06. The van der Waals surface area contributed by atoms with Gasteiger partial charge in [-0.15, -0.1) is 0 Å². The summed E-state index contributed by atoms with van der Waals surface area (Å²) < 4.78 is 2.07. The maximum atomic E-state index is 11.7. The fourth-order valence-corrected chi connectivity index (χ4v) is 2.89. The second-order valence-corrected chi connectivity index (χ2v) is 6.42. The van der Waals surface area contributed by atoms with E-state index in [1.165, 1.54) is 5.69 Å². The van der Waals surface area contributed by atoms with Crippen molar-refractivity contribution in [2.24, 2.45) is 0 Å². The van der Waals surface area contributed by atoms with Crippen LogP contribution in [0.2, 0.25) is 0 Å². The highest BCUT2D eigenvalue weighted by atomic mass is 16.1. The van der Waals surface area contributed by atoms with Crippen molar-refractivity contribution in [1.82, 2.24) is 0 Å². The molecule has 0 aliphatic carbocycles. The number of rotatable bonds is 5. The average molecular weight is 331 g/mol. The molecule has 3 nitrogen and oxygen atoms in total. The Morgan fingerprint density at radius 3 is 2.36 bits per heavy atom. The Labute approximate surface area is 148 Å². The molecule has 3 rings (SSSR count). The zero-order valence-corrected chi connectivity index (χ0v) is 14.9. The van der Waals surface area contributed by atoms with Crippen molar-refractivity contribution in [3.05, 3.63) is 71.9 Å². The van der Waals surface area contributed by atoms with E-state index in [1.54, 1.807) is 6.92 Å². The summed E-state index contributed by atoms with van der Waals surface area (Å²) in [4.78, 5) is 13.8. The molecule has 0 bridgehead atoms. The largest absolute Gasteiger partial charge is 0.378 e. The molecule has 0 radical (unpaired) electrons. The summed E-state index contributed by atoms with van der Waals surface area (Å²) in [6.07, 6.45) is 4.15. The van der Waals surface area contributed by atoms with Crippen LogP contribution in [0, 0.1) is 0 Å². The van der Waals surface area contributed by atoms with Gasteiger partial charge < -0.3 is 4.90 Å². The van der Waals surface area contributed by atoms with E-state index >= 15 is 0 Å². The number of Topliss-reactive ketones (excluding diaryl/α,β-unsaturated/α-hetero) is 1. The summed E-state index contributed by atoms with van der Waals surface area (Å²) in [6.45, 7) is 2.00. The third-order valence-electron chi connectivity index (χ3n) is 4.21. The van der Waals surface area contributed by atoms with Gasteiger partial charge >= 0.3 is 0 Å². The molecule has 0 unspecified atom stereocenters. The number of aromatic nitrogens is 1. The number of fused-ring (bicyclic) bond motifs is 1. The predicted molar refractivity (Wildman–Crippen MR) is 105 cm³/mol. The van der Waals surface area contributed by atoms with E-state index in [0.29, 0.717) is 6.54 Å². The van der Waals surface area contributed by atoms with Crippen molar-refractivity contribution < 1.29 is 9.36 Å². The van der Waals surface area contributed by atoms with Crippen LogP contribution in [-0.2, 0) is 11.3 Å². The molecule has 0 N–H and O–H groups in total. The minimum Gasteiger partial charge on any atom is -0.378 e. The topological polar surface area (TPSA) is 24.2 Å². The molecule has 0 saturated carbocycles. The predicted octanol–water partition coefficient (Wildman–Crippen LogP) is 3.95. The Kier molecular flexibility index (Phi) is 4.94. The molecule has 25 heavy (non-hydrogen) atoms. The molecular weight excluding hydrogens is 308 g/mol. The van der Waals surface area contributed by atoms with E-state index in [0.717, 1.165) is 22.2 Å². The minimum absolute atomic E-state index is 0.145. The fourth-order valence-electron chi connectivity index (χ4n) is 2.89. The normalized spacial score (nSPS) is 11.2. The van der Waals surface area contributed by atoms with E-state index in [1.807, 2.05) is 26.2 Å². The third-order valence-corrected chi connectivity index (χ3v) is 4.21. The zero-order valence-electron chi connectivity index (χ0n) is 14.9. The van der Waals surface area contributed by atoms with Crippen LogP contribution in [0.1, 0.15) is 18.2 Å². The number of hydrogen-bond acceptors (Lipinski definition) is 2. The minimum atomic E-state index is 0.145. The first-order valence-corrected chi connectivity index (χ1v) is 8.41. The van der Waals surface area contributed by atoms with Crippen molar-refractivity contribution in [3.8, 4) is 0 Å². The van der Waals surface area contributed by atoms with Crippen LogP contribution in [0.15, 0.2) is 60.7 Å². The van der Waals surface area contributed by atoms with Gasteiger partial charge in [0.15, 0.2) is 5.78 Å². The average Bonchev–Trinajstić information content (AvgIpc) is 2.61. The summed E-state index contributed by atoms with van der Waals surface area (Å²) in [5.74, 6) is 0.145. The highest BCUT2D eigenvalue weighted by Gasteiger charge is 2.15. The van der Waals surface area contributed by atoms with Crippen molar-refractivity contribution in [1.29, 1.82) is 0 Å². The second kappa shape index (κ2) is 7.31. The number of ketones is 1. The number of anilines is 1. The molecular formula is C22H23N2O+. The molecule has 3 heteroatoms. The Hall–Kier alpha value is -2.94. The lowest BCUT2D eigenvalue weighted by Crippen LogP contribution is -2.40. The first-order valence-electron chi connectivity index (χ1n) is 8.41. The van der Waals surface area contributed by atoms with Gasteiger partial charge in [0.05, 0.1) is 0 Å². The Morgan fingerprint density at radius 1 is 0.960 bits per heavy atom. The molecule has 0 spiro atoms.